The Labute approximate surface area is 240 Å². The third-order valence-corrected chi connectivity index (χ3v) is 8.39. The minimum absolute atomic E-state index is 0.0294. The smallest absolute Gasteiger partial charge is 0.264 e. The SMILES string of the molecule is CC(C)CNC(=O)[C@@H](C)N(CCc1ccccc1)C(=O)CN(c1cccc(Cl)c1)S(=O)(=O)c1ccc(Cl)cc1. The predicted molar refractivity (Wildman–Crippen MR) is 157 cm³/mol. The molecule has 208 valence electrons. The monoisotopic (exact) mass is 589 g/mol. The van der Waals surface area contributed by atoms with E-state index in [1.807, 2.05) is 44.2 Å². The maximum absolute atomic E-state index is 13.8. The third-order valence-electron chi connectivity index (χ3n) is 6.11. The second-order valence-corrected chi connectivity index (χ2v) is 12.3. The van der Waals surface area contributed by atoms with Gasteiger partial charge in [-0.2, -0.15) is 0 Å². The molecule has 3 aromatic carbocycles. The van der Waals surface area contributed by atoms with Gasteiger partial charge in [0.1, 0.15) is 12.6 Å². The standard InChI is InChI=1S/C29H33Cl2N3O4S/c1-21(2)19-32-29(36)22(3)33(17-16-23-8-5-4-6-9-23)28(35)20-34(26-11-7-10-25(31)18-26)39(37,38)27-14-12-24(30)13-15-27/h4-15,18,21-22H,16-17,19-20H2,1-3H3,(H,32,36)/t22-/m1/s1. The minimum atomic E-state index is -4.18. The Morgan fingerprint density at radius 2 is 1.54 bits per heavy atom. The van der Waals surface area contributed by atoms with Gasteiger partial charge in [-0.25, -0.2) is 8.42 Å². The quantitative estimate of drug-likeness (QED) is 0.305. The highest BCUT2D eigenvalue weighted by molar-refractivity contribution is 7.92. The summed E-state index contributed by atoms with van der Waals surface area (Å²) in [5, 5.41) is 3.57. The summed E-state index contributed by atoms with van der Waals surface area (Å²) in [6, 6.07) is 20.8. The summed E-state index contributed by atoms with van der Waals surface area (Å²) >= 11 is 12.2. The van der Waals surface area contributed by atoms with Crippen molar-refractivity contribution in [1.29, 1.82) is 0 Å². The lowest BCUT2D eigenvalue weighted by molar-refractivity contribution is -0.138. The number of halogens is 2. The molecule has 0 fully saturated rings. The first kappa shape index (κ1) is 30.5. The van der Waals surface area contributed by atoms with Gasteiger partial charge in [-0.05, 0) is 67.3 Å². The predicted octanol–water partition coefficient (Wildman–Crippen LogP) is 5.42. The average molecular weight is 591 g/mol. The van der Waals surface area contributed by atoms with Crippen LogP contribution in [0, 0.1) is 5.92 Å². The molecule has 0 heterocycles. The summed E-state index contributed by atoms with van der Waals surface area (Å²) in [6.07, 6.45) is 0.496. The van der Waals surface area contributed by atoms with E-state index in [0.717, 1.165) is 9.87 Å². The minimum Gasteiger partial charge on any atom is -0.354 e. The van der Waals surface area contributed by atoms with Gasteiger partial charge in [0, 0.05) is 23.1 Å². The van der Waals surface area contributed by atoms with Gasteiger partial charge >= 0.3 is 0 Å². The molecule has 0 bridgehead atoms. The van der Waals surface area contributed by atoms with Gasteiger partial charge in [0.25, 0.3) is 10.0 Å². The molecule has 0 spiro atoms. The highest BCUT2D eigenvalue weighted by Gasteiger charge is 2.32. The number of sulfonamides is 1. The van der Waals surface area contributed by atoms with E-state index in [9.17, 15) is 18.0 Å². The van der Waals surface area contributed by atoms with Crippen LogP contribution in [-0.2, 0) is 26.0 Å². The Hall–Kier alpha value is -3.07. The fourth-order valence-electron chi connectivity index (χ4n) is 3.92. The van der Waals surface area contributed by atoms with E-state index < -0.39 is 28.5 Å². The number of anilines is 1. The molecule has 0 saturated heterocycles. The van der Waals surface area contributed by atoms with E-state index in [0.29, 0.717) is 23.0 Å². The van der Waals surface area contributed by atoms with Crippen LogP contribution in [0.3, 0.4) is 0 Å². The van der Waals surface area contributed by atoms with Crippen molar-refractivity contribution in [2.45, 2.75) is 38.1 Å². The van der Waals surface area contributed by atoms with Crippen molar-refractivity contribution < 1.29 is 18.0 Å². The number of carbonyl (C=O) groups excluding carboxylic acids is 2. The molecule has 0 unspecified atom stereocenters. The summed E-state index contributed by atoms with van der Waals surface area (Å²) in [5.74, 6) is -0.590. The normalized spacial score (nSPS) is 12.2. The van der Waals surface area contributed by atoms with Gasteiger partial charge in [-0.1, -0.05) is 73.4 Å². The van der Waals surface area contributed by atoms with Crippen LogP contribution >= 0.6 is 23.2 Å². The molecule has 7 nitrogen and oxygen atoms in total. The number of hydrogen-bond donors (Lipinski definition) is 1. The number of rotatable bonds is 12. The summed E-state index contributed by atoms with van der Waals surface area (Å²) in [4.78, 5) is 28.2. The fourth-order valence-corrected chi connectivity index (χ4v) is 5.63. The van der Waals surface area contributed by atoms with Crippen molar-refractivity contribution in [1.82, 2.24) is 10.2 Å². The Morgan fingerprint density at radius 3 is 2.15 bits per heavy atom. The van der Waals surface area contributed by atoms with Crippen LogP contribution in [0.15, 0.2) is 83.8 Å². The second-order valence-electron chi connectivity index (χ2n) is 9.58. The molecule has 0 aliphatic heterocycles. The summed E-state index contributed by atoms with van der Waals surface area (Å²) in [7, 11) is -4.18. The number of benzene rings is 3. The Balaban J connectivity index is 1.96. The molecule has 0 aliphatic carbocycles. The van der Waals surface area contributed by atoms with Crippen LogP contribution in [0.1, 0.15) is 26.3 Å². The number of hydrogen-bond acceptors (Lipinski definition) is 4. The van der Waals surface area contributed by atoms with Crippen LogP contribution in [-0.4, -0.2) is 50.8 Å². The Morgan fingerprint density at radius 1 is 0.872 bits per heavy atom. The molecule has 0 aromatic heterocycles. The van der Waals surface area contributed by atoms with E-state index in [-0.39, 0.29) is 29.0 Å². The zero-order chi connectivity index (χ0) is 28.6. The van der Waals surface area contributed by atoms with Crippen molar-refractivity contribution in [3.05, 3.63) is 94.5 Å². The van der Waals surface area contributed by atoms with E-state index in [1.165, 1.54) is 35.2 Å². The van der Waals surface area contributed by atoms with Crippen LogP contribution < -0.4 is 9.62 Å². The molecule has 0 aliphatic rings. The zero-order valence-corrected chi connectivity index (χ0v) is 24.5. The molecule has 0 saturated carbocycles. The van der Waals surface area contributed by atoms with Crippen molar-refractivity contribution >= 4 is 50.7 Å². The first-order valence-electron chi connectivity index (χ1n) is 12.6. The number of amides is 2. The van der Waals surface area contributed by atoms with Gasteiger partial charge in [0.15, 0.2) is 0 Å². The van der Waals surface area contributed by atoms with Crippen LogP contribution in [0.4, 0.5) is 5.69 Å². The van der Waals surface area contributed by atoms with Crippen molar-refractivity contribution in [3.8, 4) is 0 Å². The van der Waals surface area contributed by atoms with Gasteiger partial charge in [0.05, 0.1) is 10.6 Å². The third kappa shape index (κ3) is 8.46. The van der Waals surface area contributed by atoms with E-state index >= 15 is 0 Å². The maximum Gasteiger partial charge on any atom is 0.264 e. The van der Waals surface area contributed by atoms with Crippen molar-refractivity contribution in [2.75, 3.05) is 23.9 Å². The maximum atomic E-state index is 13.8. The first-order valence-corrected chi connectivity index (χ1v) is 14.8. The lowest BCUT2D eigenvalue weighted by Gasteiger charge is -2.32. The molecule has 10 heteroatoms. The molecule has 2 amide bonds. The molecule has 3 aromatic rings. The molecule has 1 N–H and O–H groups in total. The van der Waals surface area contributed by atoms with Crippen LogP contribution in [0.5, 0.6) is 0 Å². The highest BCUT2D eigenvalue weighted by Crippen LogP contribution is 2.27. The first-order chi connectivity index (χ1) is 18.5. The lowest BCUT2D eigenvalue weighted by atomic mass is 10.1. The number of nitrogens with one attached hydrogen (secondary N) is 1. The topological polar surface area (TPSA) is 86.8 Å². The van der Waals surface area contributed by atoms with Crippen LogP contribution in [0.25, 0.3) is 0 Å². The molecule has 39 heavy (non-hydrogen) atoms. The van der Waals surface area contributed by atoms with Gasteiger partial charge in [-0.15, -0.1) is 0 Å². The molecule has 1 atom stereocenters. The van der Waals surface area contributed by atoms with Crippen LogP contribution in [0.2, 0.25) is 10.0 Å². The van der Waals surface area contributed by atoms with E-state index in [1.54, 1.807) is 25.1 Å². The van der Waals surface area contributed by atoms with E-state index in [2.05, 4.69) is 5.32 Å². The molecular weight excluding hydrogens is 557 g/mol. The van der Waals surface area contributed by atoms with Gasteiger partial charge in [0.2, 0.25) is 11.8 Å². The van der Waals surface area contributed by atoms with Gasteiger partial charge < -0.3 is 10.2 Å². The molecular formula is C29H33Cl2N3O4S. The second kappa shape index (κ2) is 13.8. The van der Waals surface area contributed by atoms with E-state index in [4.69, 9.17) is 23.2 Å². The summed E-state index contributed by atoms with van der Waals surface area (Å²) < 4.78 is 28.5. The Bertz CT molecular complexity index is 1370. The Kier molecular flexibility index (Phi) is 10.8. The number of nitrogens with zero attached hydrogens (tertiary/aromatic N) is 2. The molecule has 0 radical (unpaired) electrons. The molecule has 3 rings (SSSR count). The zero-order valence-electron chi connectivity index (χ0n) is 22.2. The largest absolute Gasteiger partial charge is 0.354 e. The summed E-state index contributed by atoms with van der Waals surface area (Å²) in [6.45, 7) is 5.77. The summed E-state index contributed by atoms with van der Waals surface area (Å²) in [5.41, 5.74) is 1.22. The lowest BCUT2D eigenvalue weighted by Crippen LogP contribution is -2.52. The van der Waals surface area contributed by atoms with Gasteiger partial charge in [-0.3, -0.25) is 13.9 Å². The average Bonchev–Trinajstić information content (AvgIpc) is 2.91. The fraction of sp³-hybridized carbons (Fsp3) is 0.310. The number of carbonyl (C=O) groups is 2. The van der Waals surface area contributed by atoms with Crippen molar-refractivity contribution in [2.24, 2.45) is 5.92 Å². The van der Waals surface area contributed by atoms with Crippen molar-refractivity contribution in [3.63, 3.8) is 0 Å². The highest BCUT2D eigenvalue weighted by atomic mass is 35.5.